The molecule has 124 valence electrons. The number of rotatable bonds is 4. The highest BCUT2D eigenvalue weighted by molar-refractivity contribution is 4.99. The third kappa shape index (κ3) is 4.22. The van der Waals surface area contributed by atoms with Crippen LogP contribution in [0.1, 0.15) is 85.5 Å². The zero-order valence-electron chi connectivity index (χ0n) is 15.0. The quantitative estimate of drug-likeness (QED) is 0.816. The fraction of sp³-hybridized carbons (Fsp3) is 1.00. The van der Waals surface area contributed by atoms with E-state index in [4.69, 9.17) is 0 Å². The summed E-state index contributed by atoms with van der Waals surface area (Å²) >= 11 is 0. The molecule has 1 saturated carbocycles. The maximum Gasteiger partial charge on any atom is 0.0304 e. The van der Waals surface area contributed by atoms with E-state index in [1.165, 1.54) is 70.9 Å². The molecule has 0 radical (unpaired) electrons. The summed E-state index contributed by atoms with van der Waals surface area (Å²) in [5, 5.41) is 3.92. The average molecular weight is 295 g/mol. The molecule has 1 atom stereocenters. The molecule has 0 amide bonds. The number of hydrogen-bond donors (Lipinski definition) is 1. The van der Waals surface area contributed by atoms with E-state index in [1.807, 2.05) is 0 Å². The molecule has 1 saturated heterocycles. The van der Waals surface area contributed by atoms with Gasteiger partial charge in [-0.1, -0.05) is 59.8 Å². The van der Waals surface area contributed by atoms with E-state index in [1.54, 1.807) is 0 Å². The maximum atomic E-state index is 3.92. The number of piperazine rings is 1. The molecule has 0 aromatic carbocycles. The second-order valence-corrected chi connectivity index (χ2v) is 7.85. The van der Waals surface area contributed by atoms with Crippen LogP contribution >= 0.6 is 0 Å². The smallest absolute Gasteiger partial charge is 0.0304 e. The van der Waals surface area contributed by atoms with Gasteiger partial charge in [-0.2, -0.15) is 0 Å². The van der Waals surface area contributed by atoms with Gasteiger partial charge in [0.1, 0.15) is 0 Å². The minimum absolute atomic E-state index is 0.369. The van der Waals surface area contributed by atoms with Crippen LogP contribution in [-0.4, -0.2) is 35.6 Å². The van der Waals surface area contributed by atoms with Crippen LogP contribution in [0.25, 0.3) is 0 Å². The van der Waals surface area contributed by atoms with Crippen molar-refractivity contribution in [3.63, 3.8) is 0 Å². The first-order valence-corrected chi connectivity index (χ1v) is 9.62. The van der Waals surface area contributed by atoms with Gasteiger partial charge in [-0.05, 0) is 31.6 Å². The van der Waals surface area contributed by atoms with Crippen molar-refractivity contribution in [1.29, 1.82) is 0 Å². The molecule has 2 nitrogen and oxygen atoms in total. The molecule has 1 heterocycles. The first kappa shape index (κ1) is 17.3. The third-order valence-electron chi connectivity index (χ3n) is 6.26. The van der Waals surface area contributed by atoms with Crippen molar-refractivity contribution in [2.75, 3.05) is 13.1 Å². The summed E-state index contributed by atoms with van der Waals surface area (Å²) in [6, 6.07) is 1.58. The van der Waals surface area contributed by atoms with Gasteiger partial charge in [0.05, 0.1) is 0 Å². The van der Waals surface area contributed by atoms with Gasteiger partial charge >= 0.3 is 0 Å². The summed E-state index contributed by atoms with van der Waals surface area (Å²) in [6.45, 7) is 12.0. The molecule has 2 aliphatic rings. The van der Waals surface area contributed by atoms with Crippen molar-refractivity contribution in [3.05, 3.63) is 0 Å². The van der Waals surface area contributed by atoms with E-state index >= 15 is 0 Å². The predicted molar refractivity (Wildman–Crippen MR) is 92.8 cm³/mol. The van der Waals surface area contributed by atoms with E-state index in [0.717, 1.165) is 18.0 Å². The molecule has 1 aliphatic carbocycles. The third-order valence-corrected chi connectivity index (χ3v) is 6.26. The van der Waals surface area contributed by atoms with Crippen LogP contribution < -0.4 is 5.32 Å². The summed E-state index contributed by atoms with van der Waals surface area (Å²) in [7, 11) is 0. The summed E-state index contributed by atoms with van der Waals surface area (Å²) in [6.07, 6.45) is 12.7. The molecule has 1 aliphatic heterocycles. The van der Waals surface area contributed by atoms with Gasteiger partial charge in [0.25, 0.3) is 0 Å². The normalized spacial score (nSPS) is 29.3. The lowest BCUT2D eigenvalue weighted by molar-refractivity contribution is 0.00821. The molecular formula is C19H38N2. The number of nitrogens with zero attached hydrogens (tertiary/aromatic N) is 1. The van der Waals surface area contributed by atoms with E-state index in [-0.39, 0.29) is 0 Å². The number of nitrogens with one attached hydrogen (secondary N) is 1. The Morgan fingerprint density at radius 1 is 1.00 bits per heavy atom. The fourth-order valence-electron chi connectivity index (χ4n) is 4.47. The van der Waals surface area contributed by atoms with Crippen LogP contribution in [0.5, 0.6) is 0 Å². The molecule has 0 aromatic heterocycles. The Kier molecular flexibility index (Phi) is 6.55. The molecule has 1 N–H and O–H groups in total. The lowest BCUT2D eigenvalue weighted by Crippen LogP contribution is -2.67. The minimum atomic E-state index is 0.369. The Morgan fingerprint density at radius 2 is 1.57 bits per heavy atom. The summed E-state index contributed by atoms with van der Waals surface area (Å²) in [5.41, 5.74) is 0.369. The van der Waals surface area contributed by atoms with Gasteiger partial charge in [0.2, 0.25) is 0 Å². The highest BCUT2D eigenvalue weighted by atomic mass is 15.3. The molecule has 2 heteroatoms. The summed E-state index contributed by atoms with van der Waals surface area (Å²) in [4.78, 5) is 2.93. The van der Waals surface area contributed by atoms with Gasteiger partial charge in [0.15, 0.2) is 0 Å². The van der Waals surface area contributed by atoms with Crippen LogP contribution in [0, 0.1) is 5.92 Å². The minimum Gasteiger partial charge on any atom is -0.308 e. The highest BCUT2D eigenvalue weighted by Gasteiger charge is 2.40. The second kappa shape index (κ2) is 7.97. The van der Waals surface area contributed by atoms with Crippen molar-refractivity contribution >= 4 is 0 Å². The fourth-order valence-corrected chi connectivity index (χ4v) is 4.47. The Hall–Kier alpha value is -0.0800. The molecule has 2 fully saturated rings. The first-order chi connectivity index (χ1) is 10.1. The van der Waals surface area contributed by atoms with Crippen molar-refractivity contribution < 1.29 is 0 Å². The number of hydrogen-bond acceptors (Lipinski definition) is 2. The van der Waals surface area contributed by atoms with Crippen LogP contribution in [0.4, 0.5) is 0 Å². The van der Waals surface area contributed by atoms with Crippen LogP contribution in [-0.2, 0) is 0 Å². The first-order valence-electron chi connectivity index (χ1n) is 9.62. The lowest BCUT2D eigenvalue weighted by atomic mass is 9.83. The molecule has 21 heavy (non-hydrogen) atoms. The highest BCUT2D eigenvalue weighted by Crippen LogP contribution is 2.31. The van der Waals surface area contributed by atoms with Gasteiger partial charge in [0, 0.05) is 30.7 Å². The predicted octanol–water partition coefficient (Wildman–Crippen LogP) is 4.59. The lowest BCUT2D eigenvalue weighted by Gasteiger charge is -2.52. The van der Waals surface area contributed by atoms with Crippen molar-refractivity contribution in [2.45, 2.75) is 103 Å². The zero-order valence-corrected chi connectivity index (χ0v) is 15.0. The SMILES string of the molecule is CCC1(CC)CN(C2CCCCCCC2)C(C(C)C)CN1. The maximum absolute atomic E-state index is 3.92. The second-order valence-electron chi connectivity index (χ2n) is 7.85. The van der Waals surface area contributed by atoms with Crippen LogP contribution in [0.3, 0.4) is 0 Å². The Bertz CT molecular complexity index is 288. The van der Waals surface area contributed by atoms with Gasteiger partial charge in [-0.3, -0.25) is 4.90 Å². The van der Waals surface area contributed by atoms with E-state index < -0.39 is 0 Å². The summed E-state index contributed by atoms with van der Waals surface area (Å²) < 4.78 is 0. The average Bonchev–Trinajstić information content (AvgIpc) is 2.46. The Balaban J connectivity index is 2.12. The summed E-state index contributed by atoms with van der Waals surface area (Å²) in [5.74, 6) is 0.759. The van der Waals surface area contributed by atoms with Gasteiger partial charge < -0.3 is 5.32 Å². The molecule has 1 unspecified atom stereocenters. The largest absolute Gasteiger partial charge is 0.308 e. The molecule has 0 bridgehead atoms. The van der Waals surface area contributed by atoms with E-state index in [0.29, 0.717) is 5.54 Å². The van der Waals surface area contributed by atoms with Crippen molar-refractivity contribution in [2.24, 2.45) is 5.92 Å². The molecular weight excluding hydrogens is 256 g/mol. The van der Waals surface area contributed by atoms with Crippen molar-refractivity contribution in [1.82, 2.24) is 10.2 Å². The standard InChI is InChI=1S/C19H38N2/c1-5-19(6-2)15-21(18(14-20-19)16(3)4)17-12-10-8-7-9-11-13-17/h16-18,20H,5-15H2,1-4H3. The van der Waals surface area contributed by atoms with E-state index in [9.17, 15) is 0 Å². The molecule has 0 spiro atoms. The van der Waals surface area contributed by atoms with Gasteiger partial charge in [-0.25, -0.2) is 0 Å². The molecule has 0 aromatic rings. The Morgan fingerprint density at radius 3 is 2.10 bits per heavy atom. The van der Waals surface area contributed by atoms with E-state index in [2.05, 4.69) is 37.9 Å². The Labute approximate surface area is 133 Å². The van der Waals surface area contributed by atoms with Crippen molar-refractivity contribution in [3.8, 4) is 0 Å². The zero-order chi connectivity index (χ0) is 15.3. The van der Waals surface area contributed by atoms with Crippen LogP contribution in [0.2, 0.25) is 0 Å². The van der Waals surface area contributed by atoms with Crippen LogP contribution in [0.15, 0.2) is 0 Å². The molecule has 2 rings (SSSR count). The van der Waals surface area contributed by atoms with Gasteiger partial charge in [-0.15, -0.1) is 0 Å². The topological polar surface area (TPSA) is 15.3 Å². The monoisotopic (exact) mass is 294 g/mol.